The maximum absolute atomic E-state index is 10.6. The molecule has 1 aromatic rings. The van der Waals surface area contributed by atoms with Gasteiger partial charge in [0.05, 0.1) is 6.61 Å². The van der Waals surface area contributed by atoms with Crippen molar-refractivity contribution >= 4 is 23.6 Å². The van der Waals surface area contributed by atoms with Crippen molar-refractivity contribution < 1.29 is 50.9 Å². The van der Waals surface area contributed by atoms with Gasteiger partial charge in [-0.05, 0) is 75.8 Å². The summed E-state index contributed by atoms with van der Waals surface area (Å²) >= 11 is 0. The first kappa shape index (κ1) is 36.8. The molecule has 9 nitrogen and oxygen atoms in total. The molecule has 1 aliphatic heterocycles. The van der Waals surface area contributed by atoms with Crippen LogP contribution in [0.2, 0.25) is 0 Å². The summed E-state index contributed by atoms with van der Waals surface area (Å²) in [7, 11) is 0. The largest absolute Gasteiger partial charge is 0.494 e. The molecule has 0 radical (unpaired) electrons. The van der Waals surface area contributed by atoms with Crippen LogP contribution < -0.4 is 15.8 Å². The highest BCUT2D eigenvalue weighted by Crippen LogP contribution is 2.21. The Hall–Kier alpha value is -3.23. The number of nitrogens with two attached hydrogens (primary N) is 1. The SMILES string of the molecule is CC(C)CCOc1ccc(NC(=NCCCN)N2CCCCC2C)cc1.O=C(O)C(F)(F)F.O=C(O)C(F)(F)F. The van der Waals surface area contributed by atoms with Crippen molar-refractivity contribution in [1.82, 2.24) is 4.90 Å². The van der Waals surface area contributed by atoms with Crippen LogP contribution in [0.3, 0.4) is 0 Å². The van der Waals surface area contributed by atoms with E-state index in [0.717, 1.165) is 49.9 Å². The minimum absolute atomic E-state index is 0.520. The molecule has 5 N–H and O–H groups in total. The van der Waals surface area contributed by atoms with Gasteiger partial charge in [-0.3, -0.25) is 4.99 Å². The zero-order valence-corrected chi connectivity index (χ0v) is 22.7. The number of nitrogens with one attached hydrogen (secondary N) is 1. The summed E-state index contributed by atoms with van der Waals surface area (Å²) in [5.41, 5.74) is 6.68. The second-order valence-electron chi connectivity index (χ2n) is 9.17. The summed E-state index contributed by atoms with van der Waals surface area (Å²) in [6.07, 6.45) is -4.43. The molecule has 1 saturated heterocycles. The number of carboxylic acid groups (broad SMARTS) is 2. The second-order valence-corrected chi connectivity index (χ2v) is 9.17. The number of carboxylic acids is 2. The highest BCUT2D eigenvalue weighted by molar-refractivity contribution is 5.94. The number of hydrogen-bond donors (Lipinski definition) is 4. The molecule has 40 heavy (non-hydrogen) atoms. The van der Waals surface area contributed by atoms with Crippen LogP contribution in [0.4, 0.5) is 32.0 Å². The smallest absolute Gasteiger partial charge is 0.490 e. The molecule has 0 saturated carbocycles. The topological polar surface area (TPSA) is 137 Å². The summed E-state index contributed by atoms with van der Waals surface area (Å²) in [6.45, 7) is 9.97. The molecule has 1 unspecified atom stereocenters. The molecule has 2 rings (SSSR count). The van der Waals surface area contributed by atoms with E-state index >= 15 is 0 Å². The van der Waals surface area contributed by atoms with E-state index in [0.29, 0.717) is 18.5 Å². The summed E-state index contributed by atoms with van der Waals surface area (Å²) < 4.78 is 69.3. The van der Waals surface area contributed by atoms with E-state index in [9.17, 15) is 26.3 Å². The number of piperidine rings is 1. The fourth-order valence-electron chi connectivity index (χ4n) is 3.07. The number of benzene rings is 1. The van der Waals surface area contributed by atoms with E-state index in [1.54, 1.807) is 0 Å². The van der Waals surface area contributed by atoms with Crippen molar-refractivity contribution in [3.8, 4) is 5.75 Å². The van der Waals surface area contributed by atoms with Crippen molar-refractivity contribution in [2.45, 2.75) is 71.3 Å². The van der Waals surface area contributed by atoms with Gasteiger partial charge < -0.3 is 30.9 Å². The molecule has 0 aromatic heterocycles. The second kappa shape index (κ2) is 18.2. The average molecular weight is 589 g/mol. The maximum Gasteiger partial charge on any atom is 0.490 e. The highest BCUT2D eigenvalue weighted by Gasteiger charge is 2.38. The summed E-state index contributed by atoms with van der Waals surface area (Å²) in [5, 5.41) is 17.8. The lowest BCUT2D eigenvalue weighted by molar-refractivity contribution is -0.193. The van der Waals surface area contributed by atoms with Crippen molar-refractivity contribution in [3.63, 3.8) is 0 Å². The van der Waals surface area contributed by atoms with Gasteiger partial charge in [0.2, 0.25) is 0 Å². The van der Waals surface area contributed by atoms with Crippen LogP contribution >= 0.6 is 0 Å². The molecule has 1 aliphatic rings. The Balaban J connectivity index is 0.000000894. The average Bonchev–Trinajstić information content (AvgIpc) is 2.84. The molecule has 230 valence electrons. The molecule has 1 atom stereocenters. The Morgan fingerprint density at radius 2 is 1.60 bits per heavy atom. The Morgan fingerprint density at radius 3 is 2.02 bits per heavy atom. The predicted octanol–water partition coefficient (Wildman–Crippen LogP) is 5.37. The first-order valence-corrected chi connectivity index (χ1v) is 12.6. The number of guanidine groups is 1. The zero-order chi connectivity index (χ0) is 30.9. The number of alkyl halides is 6. The summed E-state index contributed by atoms with van der Waals surface area (Å²) in [5.74, 6) is -2.96. The number of carbonyl (C=O) groups is 2. The van der Waals surface area contributed by atoms with Crippen LogP contribution in [0.25, 0.3) is 0 Å². The molecule has 1 heterocycles. The van der Waals surface area contributed by atoms with E-state index in [-0.39, 0.29) is 0 Å². The maximum atomic E-state index is 10.6. The molecular formula is C25H38F6N4O5. The Labute approximate surface area is 229 Å². The fourth-order valence-corrected chi connectivity index (χ4v) is 3.07. The lowest BCUT2D eigenvalue weighted by Gasteiger charge is -2.36. The van der Waals surface area contributed by atoms with Gasteiger partial charge in [0.15, 0.2) is 5.96 Å². The van der Waals surface area contributed by atoms with Crippen molar-refractivity contribution in [3.05, 3.63) is 24.3 Å². The van der Waals surface area contributed by atoms with Gasteiger partial charge >= 0.3 is 24.3 Å². The number of aliphatic carboxylic acids is 2. The van der Waals surface area contributed by atoms with E-state index in [4.69, 9.17) is 35.3 Å². The monoisotopic (exact) mass is 588 g/mol. The van der Waals surface area contributed by atoms with E-state index < -0.39 is 24.3 Å². The number of halogens is 6. The van der Waals surface area contributed by atoms with Crippen LogP contribution in [-0.2, 0) is 9.59 Å². The highest BCUT2D eigenvalue weighted by atomic mass is 19.4. The Morgan fingerprint density at radius 1 is 1.07 bits per heavy atom. The number of rotatable bonds is 8. The van der Waals surface area contributed by atoms with Crippen LogP contribution in [-0.4, -0.2) is 77.6 Å². The van der Waals surface area contributed by atoms with Gasteiger partial charge in [-0.1, -0.05) is 13.8 Å². The fraction of sp³-hybridized carbons (Fsp3) is 0.640. The van der Waals surface area contributed by atoms with Crippen molar-refractivity contribution in [2.24, 2.45) is 16.6 Å². The van der Waals surface area contributed by atoms with E-state index in [1.807, 2.05) is 12.1 Å². The van der Waals surface area contributed by atoms with Crippen LogP contribution in [0.1, 0.15) is 52.9 Å². The zero-order valence-electron chi connectivity index (χ0n) is 22.7. The third kappa shape index (κ3) is 16.7. The summed E-state index contributed by atoms with van der Waals surface area (Å²) in [6, 6.07) is 8.71. The minimum atomic E-state index is -5.08. The number of hydrogen-bond acceptors (Lipinski definition) is 5. The first-order valence-electron chi connectivity index (χ1n) is 12.6. The minimum Gasteiger partial charge on any atom is -0.494 e. The standard InChI is InChI=1S/C21H36N4O.2C2HF3O2/c1-17(2)12-16-26-20-10-8-19(9-11-20)24-21(23-14-6-13-22)25-15-5-4-7-18(25)3;2*3-2(4,5)1(6)7/h8-11,17-18H,4-7,12-16,22H2,1-3H3,(H,23,24);2*(H,6,7). The Kier molecular flexibility index (Phi) is 16.7. The molecule has 0 bridgehead atoms. The van der Waals surface area contributed by atoms with Gasteiger partial charge in [0.25, 0.3) is 0 Å². The molecule has 15 heteroatoms. The van der Waals surface area contributed by atoms with Crippen molar-refractivity contribution in [1.29, 1.82) is 0 Å². The predicted molar refractivity (Wildman–Crippen MR) is 138 cm³/mol. The van der Waals surface area contributed by atoms with Gasteiger partial charge in [-0.25, -0.2) is 9.59 Å². The van der Waals surface area contributed by atoms with Crippen LogP contribution in [0, 0.1) is 5.92 Å². The molecular weight excluding hydrogens is 550 g/mol. The van der Waals surface area contributed by atoms with Crippen molar-refractivity contribution in [2.75, 3.05) is 31.6 Å². The lowest BCUT2D eigenvalue weighted by atomic mass is 10.0. The third-order valence-corrected chi connectivity index (χ3v) is 5.26. The number of aliphatic imine (C=N–C) groups is 1. The van der Waals surface area contributed by atoms with Crippen LogP contribution in [0.15, 0.2) is 29.3 Å². The molecule has 1 fully saturated rings. The molecule has 0 aliphatic carbocycles. The van der Waals surface area contributed by atoms with Gasteiger partial charge in [0, 0.05) is 24.8 Å². The quantitative estimate of drug-likeness (QED) is 0.138. The van der Waals surface area contributed by atoms with Crippen LogP contribution in [0.5, 0.6) is 5.75 Å². The van der Waals surface area contributed by atoms with Gasteiger partial charge in [0.1, 0.15) is 5.75 Å². The molecule has 1 aromatic carbocycles. The summed E-state index contributed by atoms with van der Waals surface area (Å²) in [4.78, 5) is 25.0. The van der Waals surface area contributed by atoms with Gasteiger partial charge in [-0.2, -0.15) is 26.3 Å². The third-order valence-electron chi connectivity index (χ3n) is 5.26. The Bertz CT molecular complexity index is 884. The normalized spacial score (nSPS) is 15.8. The number of ether oxygens (including phenoxy) is 1. The number of anilines is 1. The number of nitrogens with zero attached hydrogens (tertiary/aromatic N) is 2. The van der Waals surface area contributed by atoms with E-state index in [1.165, 1.54) is 19.3 Å². The lowest BCUT2D eigenvalue weighted by Crippen LogP contribution is -2.45. The molecule has 0 spiro atoms. The molecule has 0 amide bonds. The van der Waals surface area contributed by atoms with Gasteiger partial charge in [-0.15, -0.1) is 0 Å². The van der Waals surface area contributed by atoms with E-state index in [2.05, 4.69) is 43.1 Å². The number of likely N-dealkylation sites (tertiary alicyclic amines) is 1. The first-order chi connectivity index (χ1) is 18.5.